The second-order valence-electron chi connectivity index (χ2n) is 2.53. The van der Waals surface area contributed by atoms with Crippen molar-refractivity contribution in [1.29, 1.82) is 0 Å². The number of nitrogens with one attached hydrogen (secondary N) is 1. The van der Waals surface area contributed by atoms with Crippen LogP contribution in [0.3, 0.4) is 0 Å². The summed E-state index contributed by atoms with van der Waals surface area (Å²) >= 11 is 17.5. The van der Waals surface area contributed by atoms with Gasteiger partial charge in [0.2, 0.25) is 0 Å². The van der Waals surface area contributed by atoms with Gasteiger partial charge >= 0.3 is 0 Å². The van der Waals surface area contributed by atoms with E-state index in [0.717, 1.165) is 0 Å². The molecule has 0 bridgehead atoms. The topological polar surface area (TPSA) is 33.6 Å². The van der Waals surface area contributed by atoms with Crippen LogP contribution in [-0.4, -0.2) is 12.9 Å². The largest absolute Gasteiger partial charge is 0.276 e. The second kappa shape index (κ2) is 6.18. The summed E-state index contributed by atoms with van der Waals surface area (Å²) in [5.74, 6) is 0. The molecule has 6 heteroatoms. The maximum absolute atomic E-state index is 5.89. The van der Waals surface area contributed by atoms with Gasteiger partial charge in [0.25, 0.3) is 0 Å². The average molecular weight is 268 g/mol. The minimum atomic E-state index is 0.401. The van der Waals surface area contributed by atoms with E-state index in [-0.39, 0.29) is 0 Å². The van der Waals surface area contributed by atoms with Crippen molar-refractivity contribution in [3.05, 3.63) is 27.2 Å². The molecule has 1 N–H and O–H groups in total. The molecule has 1 aromatic carbocycles. The Hall–Kier alpha value is -0.480. The quantitative estimate of drug-likeness (QED) is 0.296. The van der Waals surface area contributed by atoms with Crippen LogP contribution < -0.4 is 5.48 Å². The van der Waals surface area contributed by atoms with Crippen molar-refractivity contribution in [3.8, 4) is 0 Å². The molecule has 0 saturated heterocycles. The van der Waals surface area contributed by atoms with Crippen LogP contribution in [0.4, 0.5) is 5.69 Å². The monoisotopic (exact) mass is 266 g/mol. The van der Waals surface area contributed by atoms with Crippen LogP contribution in [0.1, 0.15) is 6.92 Å². The molecule has 0 atom stereocenters. The number of rotatable bonds is 4. The van der Waals surface area contributed by atoms with Gasteiger partial charge in [0.1, 0.15) is 6.34 Å². The third-order valence-electron chi connectivity index (χ3n) is 1.47. The molecule has 82 valence electrons. The molecule has 0 spiro atoms. The van der Waals surface area contributed by atoms with E-state index in [1.807, 2.05) is 6.92 Å². The highest BCUT2D eigenvalue weighted by molar-refractivity contribution is 6.43. The maximum atomic E-state index is 5.89. The zero-order valence-electron chi connectivity index (χ0n) is 7.93. The summed E-state index contributed by atoms with van der Waals surface area (Å²) < 4.78 is 0. The van der Waals surface area contributed by atoms with Crippen molar-refractivity contribution in [2.45, 2.75) is 6.92 Å². The molecule has 0 aliphatic heterocycles. The number of hydrogen-bond donors (Lipinski definition) is 1. The smallest absolute Gasteiger partial charge is 0.113 e. The van der Waals surface area contributed by atoms with Crippen LogP contribution in [-0.2, 0) is 4.84 Å². The molecule has 0 unspecified atom stereocenters. The minimum absolute atomic E-state index is 0.401. The third-order valence-corrected chi connectivity index (χ3v) is 2.50. The summed E-state index contributed by atoms with van der Waals surface area (Å²) in [7, 11) is 0. The van der Waals surface area contributed by atoms with Crippen molar-refractivity contribution in [2.75, 3.05) is 6.61 Å². The summed E-state index contributed by atoms with van der Waals surface area (Å²) in [5, 5.41) is 1.24. The highest BCUT2D eigenvalue weighted by Gasteiger charge is 2.03. The maximum Gasteiger partial charge on any atom is 0.113 e. The standard InChI is InChI=1S/C9H9Cl3N2O/c1-2-15-14-5-13-9-4-7(11)6(10)3-8(9)12/h3-5H,2H2,1H3,(H,13,14). The van der Waals surface area contributed by atoms with E-state index < -0.39 is 0 Å². The minimum Gasteiger partial charge on any atom is -0.276 e. The van der Waals surface area contributed by atoms with E-state index in [1.54, 1.807) is 12.1 Å². The van der Waals surface area contributed by atoms with Gasteiger partial charge in [0.15, 0.2) is 0 Å². The Bertz CT molecular complexity index is 369. The lowest BCUT2D eigenvalue weighted by molar-refractivity contribution is 0.100. The molecule has 3 nitrogen and oxygen atoms in total. The number of benzene rings is 1. The lowest BCUT2D eigenvalue weighted by Crippen LogP contribution is -2.10. The molecule has 0 radical (unpaired) electrons. The SMILES string of the molecule is CCONC=Nc1cc(Cl)c(Cl)cc1Cl. The molecule has 0 aliphatic rings. The highest BCUT2D eigenvalue weighted by Crippen LogP contribution is 2.33. The zero-order chi connectivity index (χ0) is 11.3. The van der Waals surface area contributed by atoms with Gasteiger partial charge in [-0.1, -0.05) is 34.8 Å². The summed E-state index contributed by atoms with van der Waals surface area (Å²) in [4.78, 5) is 8.86. The van der Waals surface area contributed by atoms with Crippen molar-refractivity contribution in [1.82, 2.24) is 5.48 Å². The Morgan fingerprint density at radius 1 is 1.27 bits per heavy atom. The molecule has 0 fully saturated rings. The normalized spacial score (nSPS) is 10.9. The predicted molar refractivity (Wildman–Crippen MR) is 64.4 cm³/mol. The van der Waals surface area contributed by atoms with E-state index >= 15 is 0 Å². The van der Waals surface area contributed by atoms with Gasteiger partial charge in [-0.2, -0.15) is 0 Å². The number of hydroxylamine groups is 1. The molecular formula is C9H9Cl3N2O. The number of nitrogens with zero attached hydrogens (tertiary/aromatic N) is 1. The Balaban J connectivity index is 2.77. The number of halogens is 3. The summed E-state index contributed by atoms with van der Waals surface area (Å²) in [5.41, 5.74) is 3.04. The van der Waals surface area contributed by atoms with Crippen molar-refractivity contribution in [2.24, 2.45) is 4.99 Å². The first-order valence-electron chi connectivity index (χ1n) is 4.19. The van der Waals surface area contributed by atoms with Gasteiger partial charge in [-0.15, -0.1) is 0 Å². The third kappa shape index (κ3) is 3.87. The molecule has 0 amide bonds. The highest BCUT2D eigenvalue weighted by atomic mass is 35.5. The molecule has 0 saturated carbocycles. The van der Waals surface area contributed by atoms with Gasteiger partial charge in [-0.3, -0.25) is 10.3 Å². The zero-order valence-corrected chi connectivity index (χ0v) is 10.2. The van der Waals surface area contributed by atoms with E-state index in [9.17, 15) is 0 Å². The Morgan fingerprint density at radius 2 is 1.93 bits per heavy atom. The number of hydrogen-bond acceptors (Lipinski definition) is 2. The molecule has 1 rings (SSSR count). The van der Waals surface area contributed by atoms with Gasteiger partial charge < -0.3 is 0 Å². The second-order valence-corrected chi connectivity index (χ2v) is 3.75. The fraction of sp³-hybridized carbons (Fsp3) is 0.222. The van der Waals surface area contributed by atoms with Gasteiger partial charge in [-0.25, -0.2) is 4.99 Å². The molecule has 0 aromatic heterocycles. The summed E-state index contributed by atoms with van der Waals surface area (Å²) in [6, 6.07) is 3.12. The molecular weight excluding hydrogens is 258 g/mol. The summed E-state index contributed by atoms with van der Waals surface area (Å²) in [6.45, 7) is 2.40. The van der Waals surface area contributed by atoms with Gasteiger partial charge in [0, 0.05) is 0 Å². The number of aliphatic imine (C=N–C) groups is 1. The Morgan fingerprint density at radius 3 is 2.60 bits per heavy atom. The van der Waals surface area contributed by atoms with Crippen molar-refractivity contribution in [3.63, 3.8) is 0 Å². The van der Waals surface area contributed by atoms with Crippen LogP contribution in [0.25, 0.3) is 0 Å². The Labute approximate surface area is 103 Å². The van der Waals surface area contributed by atoms with Crippen LogP contribution in [0.2, 0.25) is 15.1 Å². The van der Waals surface area contributed by atoms with E-state index in [1.165, 1.54) is 6.34 Å². The lowest BCUT2D eigenvalue weighted by Gasteiger charge is -2.01. The molecule has 15 heavy (non-hydrogen) atoms. The fourth-order valence-electron chi connectivity index (χ4n) is 0.827. The van der Waals surface area contributed by atoms with Crippen LogP contribution >= 0.6 is 34.8 Å². The van der Waals surface area contributed by atoms with Gasteiger partial charge in [-0.05, 0) is 19.1 Å². The Kier molecular flexibility index (Phi) is 5.19. The fourth-order valence-corrected chi connectivity index (χ4v) is 1.42. The van der Waals surface area contributed by atoms with Crippen LogP contribution in [0, 0.1) is 0 Å². The first-order chi connectivity index (χ1) is 7.15. The molecule has 0 aliphatic carbocycles. The first kappa shape index (κ1) is 12.6. The average Bonchev–Trinajstić information content (AvgIpc) is 2.20. The van der Waals surface area contributed by atoms with E-state index in [0.29, 0.717) is 27.4 Å². The van der Waals surface area contributed by atoms with Crippen molar-refractivity contribution < 1.29 is 4.84 Å². The van der Waals surface area contributed by atoms with Crippen molar-refractivity contribution >= 4 is 46.8 Å². The summed E-state index contributed by atoms with van der Waals surface area (Å²) in [6.07, 6.45) is 1.38. The predicted octanol–water partition coefficient (Wildman–Crippen LogP) is 3.85. The van der Waals surface area contributed by atoms with Crippen LogP contribution in [0.5, 0.6) is 0 Å². The lowest BCUT2D eigenvalue weighted by atomic mass is 10.3. The van der Waals surface area contributed by atoms with E-state index in [2.05, 4.69) is 10.5 Å². The molecule has 0 heterocycles. The first-order valence-corrected chi connectivity index (χ1v) is 5.33. The van der Waals surface area contributed by atoms with Crippen LogP contribution in [0.15, 0.2) is 17.1 Å². The van der Waals surface area contributed by atoms with Gasteiger partial charge in [0.05, 0.1) is 27.4 Å². The van der Waals surface area contributed by atoms with E-state index in [4.69, 9.17) is 39.6 Å². The molecule has 1 aromatic rings.